The first-order valence-corrected chi connectivity index (χ1v) is 7.75. The summed E-state index contributed by atoms with van der Waals surface area (Å²) in [6, 6.07) is 10.3. The van der Waals surface area contributed by atoms with Gasteiger partial charge in [0.2, 0.25) is 0 Å². The fraction of sp³-hybridized carbons (Fsp3) is 0.350. The lowest BCUT2D eigenvalue weighted by Crippen LogP contribution is -2.28. The zero-order chi connectivity index (χ0) is 16.4. The number of carbonyl (C=O) groups excluding carboxylic acids is 1. The van der Waals surface area contributed by atoms with Crippen molar-refractivity contribution in [2.45, 2.75) is 47.6 Å². The molecule has 0 aliphatic carbocycles. The summed E-state index contributed by atoms with van der Waals surface area (Å²) in [5.74, 6) is -0.00803. The van der Waals surface area contributed by atoms with Crippen LogP contribution >= 0.6 is 0 Å². The third-order valence-electron chi connectivity index (χ3n) is 4.33. The fourth-order valence-corrected chi connectivity index (χ4v) is 2.78. The van der Waals surface area contributed by atoms with Crippen molar-refractivity contribution in [2.24, 2.45) is 0 Å². The second-order valence-electron chi connectivity index (χ2n) is 6.31. The third-order valence-corrected chi connectivity index (χ3v) is 4.33. The van der Waals surface area contributed by atoms with Crippen LogP contribution in [0.15, 0.2) is 30.3 Å². The molecule has 2 heteroatoms. The van der Waals surface area contributed by atoms with E-state index >= 15 is 0 Å². The number of benzene rings is 2. The molecule has 0 saturated heterocycles. The Kier molecular flexibility index (Phi) is 4.70. The van der Waals surface area contributed by atoms with Crippen molar-refractivity contribution in [3.8, 4) is 0 Å². The number of aryl methyl sites for hydroxylation is 5. The van der Waals surface area contributed by atoms with Crippen LogP contribution in [0.2, 0.25) is 0 Å². The Morgan fingerprint density at radius 2 is 1.50 bits per heavy atom. The van der Waals surface area contributed by atoms with Crippen LogP contribution in [-0.2, 0) is 0 Å². The van der Waals surface area contributed by atoms with E-state index in [1.165, 1.54) is 22.3 Å². The van der Waals surface area contributed by atoms with Gasteiger partial charge in [-0.1, -0.05) is 29.8 Å². The van der Waals surface area contributed by atoms with Gasteiger partial charge in [-0.3, -0.25) is 4.79 Å². The highest BCUT2D eigenvalue weighted by molar-refractivity contribution is 5.96. The molecule has 0 aliphatic rings. The van der Waals surface area contributed by atoms with Crippen LogP contribution in [0.3, 0.4) is 0 Å². The molecule has 0 spiro atoms. The molecule has 116 valence electrons. The largest absolute Gasteiger partial charge is 0.345 e. The zero-order valence-electron chi connectivity index (χ0n) is 14.4. The van der Waals surface area contributed by atoms with E-state index in [4.69, 9.17) is 0 Å². The Bertz CT molecular complexity index is 716. The average molecular weight is 295 g/mol. The first-order chi connectivity index (χ1) is 10.3. The number of rotatable bonds is 3. The van der Waals surface area contributed by atoms with E-state index < -0.39 is 0 Å². The normalized spacial score (nSPS) is 12.1. The maximum Gasteiger partial charge on any atom is 0.252 e. The van der Waals surface area contributed by atoms with Gasteiger partial charge in [-0.2, -0.15) is 0 Å². The second kappa shape index (κ2) is 6.35. The van der Waals surface area contributed by atoms with E-state index in [-0.39, 0.29) is 11.9 Å². The summed E-state index contributed by atoms with van der Waals surface area (Å²) in [5, 5.41) is 3.13. The van der Waals surface area contributed by atoms with Gasteiger partial charge in [-0.05, 0) is 75.4 Å². The summed E-state index contributed by atoms with van der Waals surface area (Å²) in [4.78, 5) is 12.6. The van der Waals surface area contributed by atoms with Crippen molar-refractivity contribution in [3.63, 3.8) is 0 Å². The Labute approximate surface area is 133 Å². The van der Waals surface area contributed by atoms with Crippen molar-refractivity contribution in [1.82, 2.24) is 5.32 Å². The maximum atomic E-state index is 12.6. The van der Waals surface area contributed by atoms with Crippen molar-refractivity contribution in [1.29, 1.82) is 0 Å². The lowest BCUT2D eigenvalue weighted by Gasteiger charge is -2.19. The molecule has 2 aromatic carbocycles. The van der Waals surface area contributed by atoms with Crippen LogP contribution in [0, 0.1) is 34.6 Å². The molecule has 2 aromatic rings. The van der Waals surface area contributed by atoms with E-state index in [2.05, 4.69) is 38.2 Å². The van der Waals surface area contributed by atoms with Crippen molar-refractivity contribution >= 4 is 5.91 Å². The molecule has 0 saturated carbocycles. The predicted octanol–water partition coefficient (Wildman–Crippen LogP) is 4.72. The van der Waals surface area contributed by atoms with Crippen molar-refractivity contribution in [2.75, 3.05) is 0 Å². The molecule has 2 nitrogen and oxygen atoms in total. The van der Waals surface area contributed by atoms with E-state index in [1.807, 2.05) is 39.0 Å². The van der Waals surface area contributed by atoms with Gasteiger partial charge >= 0.3 is 0 Å². The van der Waals surface area contributed by atoms with Gasteiger partial charge in [0, 0.05) is 5.56 Å². The summed E-state index contributed by atoms with van der Waals surface area (Å²) in [6.07, 6.45) is 0. The Morgan fingerprint density at radius 1 is 0.864 bits per heavy atom. The molecule has 1 atom stereocenters. The molecular weight excluding hydrogens is 270 g/mol. The smallest absolute Gasteiger partial charge is 0.252 e. The second-order valence-corrected chi connectivity index (χ2v) is 6.31. The van der Waals surface area contributed by atoms with E-state index in [1.54, 1.807) is 0 Å². The molecule has 2 rings (SSSR count). The van der Waals surface area contributed by atoms with Gasteiger partial charge in [0.05, 0.1) is 6.04 Å². The topological polar surface area (TPSA) is 29.1 Å². The number of hydrogen-bond donors (Lipinski definition) is 1. The Hall–Kier alpha value is -2.09. The van der Waals surface area contributed by atoms with Crippen LogP contribution in [0.1, 0.15) is 56.7 Å². The van der Waals surface area contributed by atoms with Crippen molar-refractivity contribution in [3.05, 3.63) is 69.3 Å². The number of carbonyl (C=O) groups is 1. The first kappa shape index (κ1) is 16.3. The van der Waals surface area contributed by atoms with Crippen LogP contribution in [0.5, 0.6) is 0 Å². The summed E-state index contributed by atoms with van der Waals surface area (Å²) >= 11 is 0. The van der Waals surface area contributed by atoms with Crippen LogP contribution in [0.25, 0.3) is 0 Å². The number of nitrogens with one attached hydrogen (secondary N) is 1. The predicted molar refractivity (Wildman–Crippen MR) is 92.5 cm³/mol. The van der Waals surface area contributed by atoms with Crippen LogP contribution in [-0.4, -0.2) is 5.91 Å². The van der Waals surface area contributed by atoms with E-state index in [0.29, 0.717) is 0 Å². The highest BCUT2D eigenvalue weighted by atomic mass is 16.1. The van der Waals surface area contributed by atoms with Gasteiger partial charge in [0.15, 0.2) is 0 Å². The SMILES string of the molecule is Cc1ccc(C)c(C(=O)NC(C)c2cc(C)c(C)cc2C)c1. The first-order valence-electron chi connectivity index (χ1n) is 7.75. The zero-order valence-corrected chi connectivity index (χ0v) is 14.4. The number of amides is 1. The van der Waals surface area contributed by atoms with Gasteiger partial charge in [-0.15, -0.1) is 0 Å². The average Bonchev–Trinajstić information content (AvgIpc) is 2.45. The highest BCUT2D eigenvalue weighted by Gasteiger charge is 2.15. The Balaban J connectivity index is 2.25. The van der Waals surface area contributed by atoms with Gasteiger partial charge in [0.1, 0.15) is 0 Å². The molecule has 22 heavy (non-hydrogen) atoms. The summed E-state index contributed by atoms with van der Waals surface area (Å²) < 4.78 is 0. The lowest BCUT2D eigenvalue weighted by atomic mass is 9.96. The molecule has 0 fully saturated rings. The van der Waals surface area contributed by atoms with Crippen LogP contribution in [0.4, 0.5) is 0 Å². The van der Waals surface area contributed by atoms with Gasteiger partial charge in [-0.25, -0.2) is 0 Å². The van der Waals surface area contributed by atoms with Gasteiger partial charge < -0.3 is 5.32 Å². The molecule has 0 bridgehead atoms. The molecule has 0 aliphatic heterocycles. The van der Waals surface area contributed by atoms with E-state index in [9.17, 15) is 4.79 Å². The lowest BCUT2D eigenvalue weighted by molar-refractivity contribution is 0.0939. The van der Waals surface area contributed by atoms with E-state index in [0.717, 1.165) is 16.7 Å². The molecule has 1 unspecified atom stereocenters. The minimum Gasteiger partial charge on any atom is -0.345 e. The number of hydrogen-bond acceptors (Lipinski definition) is 1. The molecular formula is C20H25NO. The summed E-state index contributed by atoms with van der Waals surface area (Å²) in [7, 11) is 0. The molecule has 1 amide bonds. The molecule has 1 N–H and O–H groups in total. The standard InChI is InChI=1S/C20H25NO/c1-12-7-8-13(2)19(9-12)20(22)21-17(6)18-11-15(4)14(3)10-16(18)5/h7-11,17H,1-6H3,(H,21,22). The van der Waals surface area contributed by atoms with Crippen molar-refractivity contribution < 1.29 is 4.79 Å². The molecule has 0 heterocycles. The molecule has 0 radical (unpaired) electrons. The summed E-state index contributed by atoms with van der Waals surface area (Å²) in [6.45, 7) is 12.3. The monoisotopic (exact) mass is 295 g/mol. The highest BCUT2D eigenvalue weighted by Crippen LogP contribution is 2.22. The third kappa shape index (κ3) is 3.38. The maximum absolute atomic E-state index is 12.6. The Morgan fingerprint density at radius 3 is 2.18 bits per heavy atom. The van der Waals surface area contributed by atoms with Crippen LogP contribution < -0.4 is 5.32 Å². The minimum absolute atomic E-state index is 0.00767. The summed E-state index contributed by atoms with van der Waals surface area (Å²) in [5.41, 5.74) is 7.81. The van der Waals surface area contributed by atoms with Gasteiger partial charge in [0.25, 0.3) is 5.91 Å². The fourth-order valence-electron chi connectivity index (χ4n) is 2.78. The quantitative estimate of drug-likeness (QED) is 0.872. The minimum atomic E-state index is -0.00803. The molecule has 0 aromatic heterocycles.